The van der Waals surface area contributed by atoms with Crippen LogP contribution in [0, 0.1) is 19.7 Å². The standard InChI is InChI=1S/C20H22FN5O/c1-11-8-14(9-12(2)16(11)21)26-18(25-7-6-22-19(25)27)15-13(3)23-10-20(4-5-20)17(15)24-26/h6-9,13,23H,4-5,10H2,1-3H3,(H,22,27)/t13-/m0/s1. The zero-order chi connectivity index (χ0) is 18.9. The lowest BCUT2D eigenvalue weighted by molar-refractivity contribution is 0.459. The minimum Gasteiger partial charge on any atom is -0.312 e. The Morgan fingerprint density at radius 1 is 1.26 bits per heavy atom. The minimum absolute atomic E-state index is 0.0614. The quantitative estimate of drug-likeness (QED) is 0.732. The van der Waals surface area contributed by atoms with Gasteiger partial charge in [0, 0.05) is 36.0 Å². The number of rotatable bonds is 2. The van der Waals surface area contributed by atoms with Crippen molar-refractivity contribution in [1.29, 1.82) is 0 Å². The fraction of sp³-hybridized carbons (Fsp3) is 0.400. The van der Waals surface area contributed by atoms with E-state index in [0.29, 0.717) is 11.1 Å². The molecule has 0 saturated heterocycles. The van der Waals surface area contributed by atoms with E-state index in [1.165, 1.54) is 0 Å². The van der Waals surface area contributed by atoms with Crippen molar-refractivity contribution in [2.24, 2.45) is 0 Å². The third kappa shape index (κ3) is 2.27. The summed E-state index contributed by atoms with van der Waals surface area (Å²) in [6.45, 7) is 6.51. The maximum Gasteiger partial charge on any atom is 0.331 e. The number of aromatic nitrogens is 4. The highest BCUT2D eigenvalue weighted by molar-refractivity contribution is 5.53. The molecule has 1 aliphatic heterocycles. The van der Waals surface area contributed by atoms with Gasteiger partial charge in [0.1, 0.15) is 11.6 Å². The van der Waals surface area contributed by atoms with Crippen LogP contribution in [-0.4, -0.2) is 25.9 Å². The van der Waals surface area contributed by atoms with Gasteiger partial charge in [0.15, 0.2) is 0 Å². The van der Waals surface area contributed by atoms with Crippen molar-refractivity contribution in [3.05, 3.63) is 63.2 Å². The molecule has 0 radical (unpaired) electrons. The van der Waals surface area contributed by atoms with Gasteiger partial charge in [-0.2, -0.15) is 5.10 Å². The number of halogens is 1. The van der Waals surface area contributed by atoms with E-state index in [2.05, 4.69) is 17.2 Å². The molecule has 2 aliphatic rings. The molecule has 3 aromatic rings. The maximum absolute atomic E-state index is 14.2. The normalized spacial score (nSPS) is 20.1. The van der Waals surface area contributed by atoms with Crippen LogP contribution in [0.2, 0.25) is 0 Å². The molecule has 3 heterocycles. The number of H-pyrrole nitrogens is 1. The smallest absolute Gasteiger partial charge is 0.312 e. The van der Waals surface area contributed by atoms with Gasteiger partial charge in [-0.15, -0.1) is 0 Å². The molecule has 1 saturated carbocycles. The van der Waals surface area contributed by atoms with Gasteiger partial charge in [-0.05, 0) is 56.9 Å². The number of imidazole rings is 1. The number of nitrogens with zero attached hydrogens (tertiary/aromatic N) is 3. The van der Waals surface area contributed by atoms with E-state index in [9.17, 15) is 9.18 Å². The van der Waals surface area contributed by atoms with Gasteiger partial charge in [0.25, 0.3) is 0 Å². The second kappa shape index (κ2) is 5.42. The molecule has 0 unspecified atom stereocenters. The number of fused-ring (bicyclic) bond motifs is 2. The summed E-state index contributed by atoms with van der Waals surface area (Å²) in [5.41, 5.74) is 3.88. The van der Waals surface area contributed by atoms with Gasteiger partial charge < -0.3 is 10.3 Å². The van der Waals surface area contributed by atoms with Crippen molar-refractivity contribution in [2.45, 2.75) is 45.1 Å². The van der Waals surface area contributed by atoms with Crippen molar-refractivity contribution < 1.29 is 4.39 Å². The summed E-state index contributed by atoms with van der Waals surface area (Å²) in [6.07, 6.45) is 5.54. The Balaban J connectivity index is 1.84. The Labute approximate surface area is 156 Å². The van der Waals surface area contributed by atoms with Crippen molar-refractivity contribution in [1.82, 2.24) is 24.6 Å². The summed E-state index contributed by atoms with van der Waals surface area (Å²) >= 11 is 0. The predicted octanol–water partition coefficient (Wildman–Crippen LogP) is 2.80. The first-order chi connectivity index (χ1) is 12.9. The average Bonchev–Trinajstić information content (AvgIpc) is 3.10. The van der Waals surface area contributed by atoms with Gasteiger partial charge in [0.2, 0.25) is 0 Å². The molecule has 6 nitrogen and oxygen atoms in total. The van der Waals surface area contributed by atoms with Gasteiger partial charge in [-0.3, -0.25) is 4.57 Å². The Morgan fingerprint density at radius 3 is 2.56 bits per heavy atom. The zero-order valence-electron chi connectivity index (χ0n) is 15.6. The summed E-state index contributed by atoms with van der Waals surface area (Å²) in [5, 5.41) is 8.55. The molecule has 1 fully saturated rings. The highest BCUT2D eigenvalue weighted by atomic mass is 19.1. The second-order valence-electron chi connectivity index (χ2n) is 7.91. The topological polar surface area (TPSA) is 67.6 Å². The van der Waals surface area contributed by atoms with E-state index in [1.54, 1.807) is 42.9 Å². The fourth-order valence-corrected chi connectivity index (χ4v) is 4.25. The maximum atomic E-state index is 14.2. The highest BCUT2D eigenvalue weighted by Gasteiger charge is 2.52. The molecule has 1 aromatic carbocycles. The van der Waals surface area contributed by atoms with Crippen LogP contribution in [0.1, 0.15) is 48.2 Å². The molecule has 1 aliphatic carbocycles. The number of hydrogen-bond acceptors (Lipinski definition) is 3. The van der Waals surface area contributed by atoms with E-state index in [-0.39, 0.29) is 23.0 Å². The second-order valence-corrected chi connectivity index (χ2v) is 7.91. The lowest BCUT2D eigenvalue weighted by Crippen LogP contribution is -2.36. The summed E-state index contributed by atoms with van der Waals surface area (Å²) in [4.78, 5) is 15.2. The van der Waals surface area contributed by atoms with Crippen LogP contribution < -0.4 is 11.0 Å². The van der Waals surface area contributed by atoms with Gasteiger partial charge in [-0.1, -0.05) is 0 Å². The average molecular weight is 367 g/mol. The van der Waals surface area contributed by atoms with Crippen LogP contribution in [0.4, 0.5) is 4.39 Å². The molecular formula is C20H22FN5O. The van der Waals surface area contributed by atoms with Crippen molar-refractivity contribution in [3.63, 3.8) is 0 Å². The van der Waals surface area contributed by atoms with E-state index in [0.717, 1.165) is 42.1 Å². The molecule has 27 heavy (non-hydrogen) atoms. The minimum atomic E-state index is -0.211. The first kappa shape index (κ1) is 16.5. The number of aromatic amines is 1. The highest BCUT2D eigenvalue weighted by Crippen LogP contribution is 2.52. The number of benzene rings is 1. The monoisotopic (exact) mass is 367 g/mol. The predicted molar refractivity (Wildman–Crippen MR) is 100 cm³/mol. The summed E-state index contributed by atoms with van der Waals surface area (Å²) in [7, 11) is 0. The van der Waals surface area contributed by atoms with Crippen molar-refractivity contribution in [2.75, 3.05) is 6.54 Å². The Bertz CT molecular complexity index is 1090. The Morgan fingerprint density at radius 2 is 1.96 bits per heavy atom. The molecule has 7 heteroatoms. The lowest BCUT2D eigenvalue weighted by atomic mass is 9.90. The Hall–Kier alpha value is -2.67. The van der Waals surface area contributed by atoms with Crippen molar-refractivity contribution in [3.8, 4) is 11.5 Å². The molecule has 0 bridgehead atoms. The van der Waals surface area contributed by atoms with E-state index in [1.807, 2.05) is 4.68 Å². The summed E-state index contributed by atoms with van der Waals surface area (Å²) in [5.74, 6) is 0.525. The van der Waals surface area contributed by atoms with Crippen LogP contribution in [0.3, 0.4) is 0 Å². The lowest BCUT2D eigenvalue weighted by Gasteiger charge is -2.27. The van der Waals surface area contributed by atoms with Crippen LogP contribution >= 0.6 is 0 Å². The van der Waals surface area contributed by atoms with Crippen LogP contribution in [0.15, 0.2) is 29.3 Å². The summed E-state index contributed by atoms with van der Waals surface area (Å²) < 4.78 is 17.6. The molecule has 2 aromatic heterocycles. The number of hydrogen-bond donors (Lipinski definition) is 2. The van der Waals surface area contributed by atoms with Crippen LogP contribution in [-0.2, 0) is 5.41 Å². The SMILES string of the molecule is Cc1cc(-n2nc3c(c2-n2cc[nH]c2=O)[C@H](C)NCC32CC2)cc(C)c1F. The molecule has 5 rings (SSSR count). The Kier molecular flexibility index (Phi) is 3.31. The third-order valence-electron chi connectivity index (χ3n) is 5.98. The molecule has 1 atom stereocenters. The first-order valence-electron chi connectivity index (χ1n) is 9.31. The van der Waals surface area contributed by atoms with Crippen molar-refractivity contribution >= 4 is 0 Å². The summed E-state index contributed by atoms with van der Waals surface area (Å²) in [6, 6.07) is 3.67. The van der Waals surface area contributed by atoms with E-state index >= 15 is 0 Å². The first-order valence-corrected chi connectivity index (χ1v) is 9.31. The van der Waals surface area contributed by atoms with Gasteiger partial charge in [0.05, 0.1) is 11.4 Å². The zero-order valence-corrected chi connectivity index (χ0v) is 15.6. The molecule has 1 spiro atoms. The largest absolute Gasteiger partial charge is 0.331 e. The molecule has 2 N–H and O–H groups in total. The van der Waals surface area contributed by atoms with Gasteiger partial charge >= 0.3 is 5.69 Å². The number of aryl methyl sites for hydroxylation is 2. The number of nitrogens with one attached hydrogen (secondary N) is 2. The van der Waals surface area contributed by atoms with Crippen LogP contribution in [0.25, 0.3) is 11.5 Å². The van der Waals surface area contributed by atoms with Gasteiger partial charge in [-0.25, -0.2) is 13.9 Å². The molecule has 140 valence electrons. The van der Waals surface area contributed by atoms with E-state index < -0.39 is 0 Å². The molecular weight excluding hydrogens is 345 g/mol. The third-order valence-corrected chi connectivity index (χ3v) is 5.98. The fourth-order valence-electron chi connectivity index (χ4n) is 4.25. The van der Waals surface area contributed by atoms with E-state index in [4.69, 9.17) is 5.10 Å². The molecule has 0 amide bonds. The van der Waals surface area contributed by atoms with Crippen LogP contribution in [0.5, 0.6) is 0 Å².